The lowest BCUT2D eigenvalue weighted by Gasteiger charge is -2.30. The average Bonchev–Trinajstić information content (AvgIpc) is 3.06. The Morgan fingerprint density at radius 2 is 1.87 bits per heavy atom. The molecule has 2 aliphatic heterocycles. The van der Waals surface area contributed by atoms with Crippen LogP contribution in [0.1, 0.15) is 28.9 Å². The van der Waals surface area contributed by atoms with E-state index in [2.05, 4.69) is 10.3 Å². The van der Waals surface area contributed by atoms with Crippen LogP contribution < -0.4 is 10.9 Å². The van der Waals surface area contributed by atoms with Crippen LogP contribution in [0.5, 0.6) is 0 Å². The Bertz CT molecular complexity index is 914. The second-order valence-corrected chi connectivity index (χ2v) is 7.92. The normalized spacial score (nSPS) is 24.8. The first-order valence-electron chi connectivity index (χ1n) is 9.57. The highest BCUT2D eigenvalue weighted by Gasteiger charge is 2.51. The third-order valence-electron chi connectivity index (χ3n) is 5.57. The molecule has 0 aromatic carbocycles. The summed E-state index contributed by atoms with van der Waals surface area (Å²) in [5.74, 6) is -3.93. The summed E-state index contributed by atoms with van der Waals surface area (Å²) < 4.78 is 40.8. The van der Waals surface area contributed by atoms with Gasteiger partial charge >= 0.3 is 6.18 Å². The minimum atomic E-state index is -4.62. The number of likely N-dealkylation sites (tertiary alicyclic amines) is 2. The number of piperidine rings is 1. The number of aromatic nitrogens is 1. The number of pyridine rings is 1. The van der Waals surface area contributed by atoms with E-state index in [0.717, 1.165) is 4.90 Å². The summed E-state index contributed by atoms with van der Waals surface area (Å²) in [6.45, 7) is 0.795. The summed E-state index contributed by atoms with van der Waals surface area (Å²) in [7, 11) is 1.54. The molecule has 8 nitrogen and oxygen atoms in total. The van der Waals surface area contributed by atoms with Crippen molar-refractivity contribution in [1.82, 2.24) is 20.1 Å². The molecule has 164 valence electrons. The Morgan fingerprint density at radius 1 is 1.17 bits per heavy atom. The van der Waals surface area contributed by atoms with Crippen LogP contribution in [0.15, 0.2) is 16.9 Å². The number of rotatable bonds is 3. The second-order valence-electron chi connectivity index (χ2n) is 7.92. The van der Waals surface area contributed by atoms with Crippen LogP contribution in [0, 0.1) is 18.8 Å². The molecule has 3 amide bonds. The van der Waals surface area contributed by atoms with E-state index in [1.165, 1.54) is 17.0 Å². The number of alkyl halides is 3. The smallest absolute Gasteiger partial charge is 0.351 e. The van der Waals surface area contributed by atoms with Gasteiger partial charge < -0.3 is 20.1 Å². The predicted molar refractivity (Wildman–Crippen MR) is 99.5 cm³/mol. The highest BCUT2D eigenvalue weighted by molar-refractivity contribution is 5.93. The summed E-state index contributed by atoms with van der Waals surface area (Å²) in [5.41, 5.74) is -0.111. The van der Waals surface area contributed by atoms with Gasteiger partial charge in [-0.15, -0.1) is 0 Å². The van der Waals surface area contributed by atoms with Gasteiger partial charge in [0.25, 0.3) is 5.91 Å². The first kappa shape index (κ1) is 21.8. The molecule has 0 bridgehead atoms. The van der Waals surface area contributed by atoms with Crippen molar-refractivity contribution in [2.24, 2.45) is 11.8 Å². The van der Waals surface area contributed by atoms with Gasteiger partial charge in [-0.2, -0.15) is 13.2 Å². The first-order valence-corrected chi connectivity index (χ1v) is 9.57. The standard InChI is InChI=1S/C19H23F3N4O4/c1-10-5-13(23-15(27)6-10)18(30)26-8-12(19(20,21)22)14(9-26)24-17(29)11-3-4-16(28)25(2)7-11/h5-6,11-12,14H,3-4,7-9H2,1-2H3,(H,23,27)(H,24,29)/t11?,12-,14-/m1/s1. The Balaban J connectivity index is 1.75. The molecule has 11 heteroatoms. The summed E-state index contributed by atoms with van der Waals surface area (Å²) in [6, 6.07) is 1.36. The molecule has 3 atom stereocenters. The molecule has 3 rings (SSSR count). The van der Waals surface area contributed by atoms with E-state index in [1.807, 2.05) is 0 Å². The van der Waals surface area contributed by atoms with Crippen LogP contribution in [0.4, 0.5) is 13.2 Å². The number of hydrogen-bond acceptors (Lipinski definition) is 4. The number of nitrogens with zero attached hydrogens (tertiary/aromatic N) is 2. The second kappa shape index (κ2) is 8.11. The lowest BCUT2D eigenvalue weighted by Crippen LogP contribution is -2.50. The van der Waals surface area contributed by atoms with Gasteiger partial charge in [0.15, 0.2) is 0 Å². The van der Waals surface area contributed by atoms with Crippen molar-refractivity contribution < 1.29 is 27.6 Å². The zero-order valence-electron chi connectivity index (χ0n) is 16.6. The monoisotopic (exact) mass is 428 g/mol. The van der Waals surface area contributed by atoms with Crippen molar-refractivity contribution in [2.45, 2.75) is 32.0 Å². The zero-order valence-corrected chi connectivity index (χ0v) is 16.6. The van der Waals surface area contributed by atoms with E-state index in [1.54, 1.807) is 14.0 Å². The molecule has 2 fully saturated rings. The summed E-state index contributed by atoms with van der Waals surface area (Å²) in [6.07, 6.45) is -4.19. The molecule has 1 aromatic heterocycles. The number of nitrogens with one attached hydrogen (secondary N) is 2. The SMILES string of the molecule is Cc1cc(C(=O)N2C[C@@H](C(F)(F)F)[C@H](NC(=O)C3CCC(=O)N(C)C3)C2)[nH]c(=O)c1. The summed E-state index contributed by atoms with van der Waals surface area (Å²) >= 11 is 0. The van der Waals surface area contributed by atoms with E-state index in [0.29, 0.717) is 5.56 Å². The number of hydrogen-bond donors (Lipinski definition) is 2. The van der Waals surface area contributed by atoms with Crippen molar-refractivity contribution in [1.29, 1.82) is 0 Å². The van der Waals surface area contributed by atoms with Crippen LogP contribution in [-0.2, 0) is 9.59 Å². The van der Waals surface area contributed by atoms with Gasteiger partial charge in [0.2, 0.25) is 17.4 Å². The van der Waals surface area contributed by atoms with E-state index < -0.39 is 48.0 Å². The third-order valence-corrected chi connectivity index (χ3v) is 5.57. The van der Waals surface area contributed by atoms with E-state index in [4.69, 9.17) is 0 Å². The van der Waals surface area contributed by atoms with Crippen LogP contribution in [-0.4, -0.2) is 71.4 Å². The topological polar surface area (TPSA) is 103 Å². The minimum absolute atomic E-state index is 0.0969. The van der Waals surface area contributed by atoms with Crippen LogP contribution in [0.25, 0.3) is 0 Å². The summed E-state index contributed by atoms with van der Waals surface area (Å²) in [5, 5.41) is 2.44. The zero-order chi connectivity index (χ0) is 22.2. The van der Waals surface area contributed by atoms with Gasteiger partial charge in [-0.25, -0.2) is 0 Å². The Kier molecular flexibility index (Phi) is 5.91. The molecule has 3 heterocycles. The Labute approximate surface area is 170 Å². The molecule has 0 spiro atoms. The van der Waals surface area contributed by atoms with Crippen molar-refractivity contribution in [3.63, 3.8) is 0 Å². The van der Waals surface area contributed by atoms with Gasteiger partial charge in [-0.05, 0) is 25.0 Å². The van der Waals surface area contributed by atoms with Crippen molar-refractivity contribution in [3.05, 3.63) is 33.7 Å². The summed E-state index contributed by atoms with van der Waals surface area (Å²) in [4.78, 5) is 53.1. The number of carbonyl (C=O) groups excluding carboxylic acids is 3. The molecular weight excluding hydrogens is 405 g/mol. The molecule has 2 saturated heterocycles. The molecule has 1 aromatic rings. The first-order chi connectivity index (χ1) is 14.0. The van der Waals surface area contributed by atoms with Crippen LogP contribution >= 0.6 is 0 Å². The average molecular weight is 428 g/mol. The molecule has 2 N–H and O–H groups in total. The van der Waals surface area contributed by atoms with Gasteiger partial charge in [0, 0.05) is 39.2 Å². The van der Waals surface area contributed by atoms with Gasteiger partial charge in [0.1, 0.15) is 5.69 Å². The van der Waals surface area contributed by atoms with Gasteiger partial charge in [0.05, 0.1) is 17.9 Å². The highest BCUT2D eigenvalue weighted by Crippen LogP contribution is 2.34. The maximum Gasteiger partial charge on any atom is 0.395 e. The van der Waals surface area contributed by atoms with E-state index in [-0.39, 0.29) is 37.5 Å². The maximum absolute atomic E-state index is 13.6. The fourth-order valence-electron chi connectivity index (χ4n) is 3.94. The maximum atomic E-state index is 13.6. The van der Waals surface area contributed by atoms with Crippen LogP contribution in [0.3, 0.4) is 0 Å². The molecule has 1 unspecified atom stereocenters. The number of H-pyrrole nitrogens is 1. The highest BCUT2D eigenvalue weighted by atomic mass is 19.4. The van der Waals surface area contributed by atoms with Crippen molar-refractivity contribution >= 4 is 17.7 Å². The fraction of sp³-hybridized carbons (Fsp3) is 0.579. The number of carbonyl (C=O) groups is 3. The van der Waals surface area contributed by atoms with Crippen LogP contribution in [0.2, 0.25) is 0 Å². The number of amides is 3. The van der Waals surface area contributed by atoms with E-state index >= 15 is 0 Å². The molecule has 0 radical (unpaired) electrons. The predicted octanol–water partition coefficient (Wildman–Crippen LogP) is 0.671. The van der Waals surface area contributed by atoms with Gasteiger partial charge in [-0.1, -0.05) is 0 Å². The number of halogens is 3. The Morgan fingerprint density at radius 3 is 2.47 bits per heavy atom. The lowest BCUT2D eigenvalue weighted by molar-refractivity contribution is -0.175. The minimum Gasteiger partial charge on any atom is -0.351 e. The largest absolute Gasteiger partial charge is 0.395 e. The van der Waals surface area contributed by atoms with Gasteiger partial charge in [-0.3, -0.25) is 19.2 Å². The molecule has 0 aliphatic carbocycles. The third kappa shape index (κ3) is 4.65. The molecule has 30 heavy (non-hydrogen) atoms. The van der Waals surface area contributed by atoms with Crippen molar-refractivity contribution in [2.75, 3.05) is 26.7 Å². The molecule has 2 aliphatic rings. The van der Waals surface area contributed by atoms with Crippen molar-refractivity contribution in [3.8, 4) is 0 Å². The quantitative estimate of drug-likeness (QED) is 0.739. The number of aromatic amines is 1. The Hall–Kier alpha value is -2.85. The molecular formula is C19H23F3N4O4. The number of aryl methyl sites for hydroxylation is 1. The fourth-order valence-corrected chi connectivity index (χ4v) is 3.94. The molecule has 0 saturated carbocycles. The lowest BCUT2D eigenvalue weighted by atomic mass is 9.95. The van der Waals surface area contributed by atoms with E-state index in [9.17, 15) is 32.3 Å².